The number of amides is 1. The zero-order valence-electron chi connectivity index (χ0n) is 7.21. The van der Waals surface area contributed by atoms with Gasteiger partial charge in [-0.2, -0.15) is 0 Å². The van der Waals surface area contributed by atoms with E-state index in [1.807, 2.05) is 13.8 Å². The van der Waals surface area contributed by atoms with E-state index in [0.717, 1.165) is 12.8 Å². The third kappa shape index (κ3) is 2.50. The van der Waals surface area contributed by atoms with Crippen LogP contribution >= 0.6 is 0 Å². The fourth-order valence-electron chi connectivity index (χ4n) is 1.01. The van der Waals surface area contributed by atoms with Crippen molar-refractivity contribution in [2.45, 2.75) is 39.2 Å². The second-order valence-electron chi connectivity index (χ2n) is 3.63. The molecule has 1 aliphatic rings. The molecule has 1 aliphatic carbocycles. The first-order valence-electron chi connectivity index (χ1n) is 4.18. The van der Waals surface area contributed by atoms with Gasteiger partial charge < -0.3 is 0 Å². The lowest BCUT2D eigenvalue weighted by Gasteiger charge is -2.16. The largest absolute Gasteiger partial charge is 0.278 e. The molecule has 11 heavy (non-hydrogen) atoms. The van der Waals surface area contributed by atoms with Gasteiger partial charge in [-0.1, -0.05) is 13.8 Å². The molecule has 0 bridgehead atoms. The van der Waals surface area contributed by atoms with Crippen LogP contribution in [-0.4, -0.2) is 17.0 Å². The molecular weight excluding hydrogens is 140 g/mol. The van der Waals surface area contributed by atoms with Crippen molar-refractivity contribution >= 4 is 5.91 Å². The van der Waals surface area contributed by atoms with E-state index < -0.39 is 0 Å². The Labute approximate surface area is 67.5 Å². The Morgan fingerprint density at radius 3 is 2.55 bits per heavy atom. The molecule has 3 nitrogen and oxygen atoms in total. The van der Waals surface area contributed by atoms with Crippen molar-refractivity contribution in [3.05, 3.63) is 0 Å². The summed E-state index contributed by atoms with van der Waals surface area (Å²) in [4.78, 5) is 11.2. The summed E-state index contributed by atoms with van der Waals surface area (Å²) in [5, 5.41) is 1.40. The lowest BCUT2D eigenvalue weighted by molar-refractivity contribution is -0.132. The molecule has 0 atom stereocenters. The van der Waals surface area contributed by atoms with Crippen molar-refractivity contribution in [1.82, 2.24) is 5.01 Å². The van der Waals surface area contributed by atoms with Crippen LogP contribution in [0.4, 0.5) is 0 Å². The second kappa shape index (κ2) is 3.22. The Hall–Kier alpha value is -0.570. The molecule has 1 saturated carbocycles. The van der Waals surface area contributed by atoms with E-state index in [2.05, 4.69) is 0 Å². The van der Waals surface area contributed by atoms with E-state index in [1.54, 1.807) is 0 Å². The average Bonchev–Trinajstić information content (AvgIpc) is 2.65. The van der Waals surface area contributed by atoms with Gasteiger partial charge in [0.1, 0.15) is 0 Å². The van der Waals surface area contributed by atoms with E-state index in [-0.39, 0.29) is 5.91 Å². The van der Waals surface area contributed by atoms with Crippen molar-refractivity contribution in [3.8, 4) is 0 Å². The molecule has 0 heterocycles. The Morgan fingerprint density at radius 1 is 1.64 bits per heavy atom. The van der Waals surface area contributed by atoms with Crippen LogP contribution in [0, 0.1) is 5.92 Å². The van der Waals surface area contributed by atoms with Crippen LogP contribution in [0.3, 0.4) is 0 Å². The van der Waals surface area contributed by atoms with Crippen LogP contribution in [0.1, 0.15) is 33.1 Å². The molecule has 0 spiro atoms. The third-order valence-electron chi connectivity index (χ3n) is 1.81. The molecule has 0 unspecified atom stereocenters. The minimum Gasteiger partial charge on any atom is -0.278 e. The normalized spacial score (nSPS) is 17.1. The smallest absolute Gasteiger partial charge is 0.236 e. The maximum Gasteiger partial charge on any atom is 0.236 e. The molecule has 0 aliphatic heterocycles. The van der Waals surface area contributed by atoms with E-state index in [9.17, 15) is 4.79 Å². The molecule has 64 valence electrons. The first-order valence-corrected chi connectivity index (χ1v) is 4.18. The Bertz CT molecular complexity index is 152. The summed E-state index contributed by atoms with van der Waals surface area (Å²) in [5.74, 6) is 6.05. The Balaban J connectivity index is 2.27. The highest BCUT2D eigenvalue weighted by Gasteiger charge is 2.30. The average molecular weight is 156 g/mol. The number of nitrogens with two attached hydrogens (primary N) is 1. The van der Waals surface area contributed by atoms with E-state index in [4.69, 9.17) is 5.84 Å². The monoisotopic (exact) mass is 156 g/mol. The lowest BCUT2D eigenvalue weighted by atomic mass is 10.1. The maximum absolute atomic E-state index is 11.2. The highest BCUT2D eigenvalue weighted by molar-refractivity contribution is 5.76. The maximum atomic E-state index is 11.2. The van der Waals surface area contributed by atoms with Gasteiger partial charge in [0.05, 0.1) is 0 Å². The number of hydrazine groups is 1. The second-order valence-corrected chi connectivity index (χ2v) is 3.63. The fourth-order valence-corrected chi connectivity index (χ4v) is 1.01. The van der Waals surface area contributed by atoms with E-state index in [1.165, 1.54) is 5.01 Å². The van der Waals surface area contributed by atoms with Crippen LogP contribution in [0.2, 0.25) is 0 Å². The summed E-state index contributed by atoms with van der Waals surface area (Å²) in [6.45, 7) is 4.05. The van der Waals surface area contributed by atoms with E-state index >= 15 is 0 Å². The molecular formula is C8H16N2O. The van der Waals surface area contributed by atoms with Gasteiger partial charge in [0.2, 0.25) is 5.91 Å². The fraction of sp³-hybridized carbons (Fsp3) is 0.875. The number of rotatable bonds is 3. The Kier molecular flexibility index (Phi) is 2.49. The van der Waals surface area contributed by atoms with Crippen LogP contribution < -0.4 is 5.84 Å². The minimum atomic E-state index is 0.0856. The first-order chi connectivity index (χ1) is 5.11. The van der Waals surface area contributed by atoms with E-state index in [0.29, 0.717) is 18.4 Å². The zero-order chi connectivity index (χ0) is 8.43. The number of carbonyl (C=O) groups excluding carboxylic acids is 1. The summed E-state index contributed by atoms with van der Waals surface area (Å²) in [6.07, 6.45) is 2.74. The third-order valence-corrected chi connectivity index (χ3v) is 1.81. The van der Waals surface area contributed by atoms with Crippen LogP contribution in [0.5, 0.6) is 0 Å². The summed E-state index contributed by atoms with van der Waals surface area (Å²) in [7, 11) is 0. The highest BCUT2D eigenvalue weighted by atomic mass is 16.2. The quantitative estimate of drug-likeness (QED) is 0.375. The van der Waals surface area contributed by atoms with Gasteiger partial charge >= 0.3 is 0 Å². The predicted octanol–water partition coefficient (Wildman–Crippen LogP) is 0.897. The first kappa shape index (κ1) is 8.53. The number of carbonyl (C=O) groups is 1. The summed E-state index contributed by atoms with van der Waals surface area (Å²) >= 11 is 0. The summed E-state index contributed by atoms with van der Waals surface area (Å²) in [5.41, 5.74) is 0. The minimum absolute atomic E-state index is 0.0856. The zero-order valence-corrected chi connectivity index (χ0v) is 7.21. The molecule has 2 N–H and O–H groups in total. The van der Waals surface area contributed by atoms with Gasteiger partial charge in [-0.3, -0.25) is 9.80 Å². The highest BCUT2D eigenvalue weighted by Crippen LogP contribution is 2.24. The van der Waals surface area contributed by atoms with Crippen LogP contribution in [0.15, 0.2) is 0 Å². The van der Waals surface area contributed by atoms with Crippen molar-refractivity contribution in [1.29, 1.82) is 0 Å². The molecule has 1 fully saturated rings. The molecule has 1 amide bonds. The topological polar surface area (TPSA) is 46.3 Å². The molecule has 0 aromatic carbocycles. The van der Waals surface area contributed by atoms with Crippen molar-refractivity contribution in [3.63, 3.8) is 0 Å². The van der Waals surface area contributed by atoms with Crippen molar-refractivity contribution < 1.29 is 4.79 Å². The van der Waals surface area contributed by atoms with Gasteiger partial charge in [0, 0.05) is 12.5 Å². The van der Waals surface area contributed by atoms with Gasteiger partial charge in [-0.25, -0.2) is 5.84 Å². The SMILES string of the molecule is CC(C)CC(=O)N(N)C1CC1. The van der Waals surface area contributed by atoms with Crippen molar-refractivity contribution in [2.75, 3.05) is 0 Å². The predicted molar refractivity (Wildman–Crippen MR) is 43.5 cm³/mol. The van der Waals surface area contributed by atoms with Gasteiger partial charge in [0.25, 0.3) is 0 Å². The molecule has 3 heteroatoms. The van der Waals surface area contributed by atoms with Gasteiger partial charge in [-0.05, 0) is 18.8 Å². The molecule has 0 aromatic rings. The molecule has 0 aromatic heterocycles. The molecule has 0 saturated heterocycles. The standard InChI is InChI=1S/C8H16N2O/c1-6(2)5-8(11)10(9)7-3-4-7/h6-7H,3-5,9H2,1-2H3. The molecule has 0 radical (unpaired) electrons. The lowest BCUT2D eigenvalue weighted by Crippen LogP contribution is -2.39. The van der Waals surface area contributed by atoms with Crippen molar-refractivity contribution in [2.24, 2.45) is 11.8 Å². The van der Waals surface area contributed by atoms with Gasteiger partial charge in [-0.15, -0.1) is 0 Å². The summed E-state index contributed by atoms with van der Waals surface area (Å²) < 4.78 is 0. The molecule has 1 rings (SSSR count). The van der Waals surface area contributed by atoms with Gasteiger partial charge in [0.15, 0.2) is 0 Å². The number of hydrogen-bond acceptors (Lipinski definition) is 2. The number of nitrogens with zero attached hydrogens (tertiary/aromatic N) is 1. The Morgan fingerprint density at radius 2 is 2.18 bits per heavy atom. The van der Waals surface area contributed by atoms with Crippen LogP contribution in [0.25, 0.3) is 0 Å². The van der Waals surface area contributed by atoms with Crippen LogP contribution in [-0.2, 0) is 4.79 Å². The number of hydrogen-bond donors (Lipinski definition) is 1. The summed E-state index contributed by atoms with van der Waals surface area (Å²) in [6, 6.07) is 0.348.